The summed E-state index contributed by atoms with van der Waals surface area (Å²) in [6.45, 7) is 0. The lowest BCUT2D eigenvalue weighted by Crippen LogP contribution is -2.22. The van der Waals surface area contributed by atoms with Gasteiger partial charge in [0.1, 0.15) is 11.9 Å². The number of nitrogens with zero attached hydrogens (tertiary/aromatic N) is 2. The molecule has 7 heteroatoms. The summed E-state index contributed by atoms with van der Waals surface area (Å²) < 4.78 is 13.1. The molecule has 0 saturated heterocycles. The van der Waals surface area contributed by atoms with Crippen LogP contribution in [0.1, 0.15) is 10.4 Å². The zero-order chi connectivity index (χ0) is 12.8. The number of nitrogens with two attached hydrogens (primary N) is 1. The highest BCUT2D eigenvalue weighted by Crippen LogP contribution is 2.07. The van der Waals surface area contributed by atoms with Gasteiger partial charge in [0, 0.05) is 0 Å². The standard InChI is InChI=1S/C10H6FN3O3/c11-7-4-2-1-3-6(7)10(16)17-14-8(5-12)9(13)15/h1-4H,(H2,13,15). The molecule has 0 fully saturated rings. The molecular formula is C10H6FN3O3. The summed E-state index contributed by atoms with van der Waals surface area (Å²) >= 11 is 0. The normalized spacial score (nSPS) is 10.5. The second kappa shape index (κ2) is 5.37. The molecule has 0 radical (unpaired) electrons. The van der Waals surface area contributed by atoms with Crippen LogP contribution in [0.2, 0.25) is 0 Å². The smallest absolute Gasteiger partial charge is 0.364 e. The van der Waals surface area contributed by atoms with E-state index in [0.717, 1.165) is 6.07 Å². The number of nitriles is 1. The van der Waals surface area contributed by atoms with Crippen LogP contribution in [0.5, 0.6) is 0 Å². The Kier molecular flexibility index (Phi) is 3.89. The van der Waals surface area contributed by atoms with Gasteiger partial charge in [-0.15, -0.1) is 0 Å². The van der Waals surface area contributed by atoms with Gasteiger partial charge in [0.05, 0.1) is 5.56 Å². The largest absolute Gasteiger partial charge is 0.368 e. The van der Waals surface area contributed by atoms with Crippen molar-refractivity contribution in [2.75, 3.05) is 0 Å². The molecule has 0 bridgehead atoms. The third kappa shape index (κ3) is 3.10. The first-order chi connectivity index (χ1) is 8.06. The minimum absolute atomic E-state index is 0.363. The van der Waals surface area contributed by atoms with Crippen molar-refractivity contribution in [2.45, 2.75) is 0 Å². The molecule has 1 aromatic rings. The molecule has 0 unspecified atom stereocenters. The maximum atomic E-state index is 13.1. The van der Waals surface area contributed by atoms with Crippen LogP contribution in [0.3, 0.4) is 0 Å². The molecule has 1 rings (SSSR count). The van der Waals surface area contributed by atoms with Crippen LogP contribution in [0.4, 0.5) is 4.39 Å². The van der Waals surface area contributed by atoms with E-state index in [0.29, 0.717) is 0 Å². The van der Waals surface area contributed by atoms with Crippen LogP contribution in [0.15, 0.2) is 29.4 Å². The molecule has 1 aromatic carbocycles. The van der Waals surface area contributed by atoms with Crippen LogP contribution >= 0.6 is 0 Å². The third-order valence-electron chi connectivity index (χ3n) is 1.65. The second-order valence-electron chi connectivity index (χ2n) is 2.77. The monoisotopic (exact) mass is 235 g/mol. The Morgan fingerprint density at radius 3 is 2.59 bits per heavy atom. The Hall–Kier alpha value is -2.75. The SMILES string of the molecule is N#CC(=NOC(=O)c1ccccc1F)C(N)=O. The fraction of sp³-hybridized carbons (Fsp3) is 0. The van der Waals surface area contributed by atoms with E-state index >= 15 is 0 Å². The molecule has 0 spiro atoms. The molecule has 17 heavy (non-hydrogen) atoms. The molecule has 0 aliphatic carbocycles. The zero-order valence-electron chi connectivity index (χ0n) is 8.38. The van der Waals surface area contributed by atoms with Gasteiger partial charge in [-0.25, -0.2) is 9.18 Å². The highest BCUT2D eigenvalue weighted by Gasteiger charge is 2.14. The Labute approximate surface area is 95.1 Å². The average molecular weight is 235 g/mol. The topological polar surface area (TPSA) is 106 Å². The van der Waals surface area contributed by atoms with E-state index in [4.69, 9.17) is 11.0 Å². The van der Waals surface area contributed by atoms with Crippen LogP contribution in [0.25, 0.3) is 0 Å². The maximum absolute atomic E-state index is 13.1. The summed E-state index contributed by atoms with van der Waals surface area (Å²) in [6, 6.07) is 6.36. The van der Waals surface area contributed by atoms with Crippen molar-refractivity contribution < 1.29 is 18.8 Å². The van der Waals surface area contributed by atoms with E-state index < -0.39 is 23.4 Å². The van der Waals surface area contributed by atoms with Crippen molar-refractivity contribution in [3.63, 3.8) is 0 Å². The number of carbonyl (C=O) groups is 2. The Morgan fingerprint density at radius 1 is 1.41 bits per heavy atom. The predicted molar refractivity (Wildman–Crippen MR) is 54.1 cm³/mol. The number of benzene rings is 1. The first-order valence-electron chi connectivity index (χ1n) is 4.30. The summed E-state index contributed by atoms with van der Waals surface area (Å²) in [5.74, 6) is -3.07. The molecule has 0 aliphatic rings. The van der Waals surface area contributed by atoms with Gasteiger partial charge in [0.2, 0.25) is 5.71 Å². The lowest BCUT2D eigenvalue weighted by atomic mass is 10.2. The van der Waals surface area contributed by atoms with Gasteiger partial charge in [-0.1, -0.05) is 17.3 Å². The van der Waals surface area contributed by atoms with Gasteiger partial charge < -0.3 is 10.6 Å². The van der Waals surface area contributed by atoms with Gasteiger partial charge in [0.15, 0.2) is 0 Å². The lowest BCUT2D eigenvalue weighted by molar-refractivity contribution is -0.112. The molecule has 0 aliphatic heterocycles. The van der Waals surface area contributed by atoms with Crippen LogP contribution in [0, 0.1) is 17.1 Å². The number of primary amides is 1. The maximum Gasteiger partial charge on any atom is 0.368 e. The van der Waals surface area contributed by atoms with Gasteiger partial charge in [-0.2, -0.15) is 5.26 Å². The van der Waals surface area contributed by atoms with E-state index in [1.807, 2.05) is 0 Å². The van der Waals surface area contributed by atoms with E-state index in [1.165, 1.54) is 24.3 Å². The van der Waals surface area contributed by atoms with Gasteiger partial charge >= 0.3 is 5.97 Å². The van der Waals surface area contributed by atoms with Gasteiger partial charge in [-0.05, 0) is 12.1 Å². The van der Waals surface area contributed by atoms with E-state index in [1.54, 1.807) is 0 Å². The number of oxime groups is 1. The Morgan fingerprint density at radius 2 is 2.06 bits per heavy atom. The fourth-order valence-corrected chi connectivity index (χ4v) is 0.884. The molecule has 0 atom stereocenters. The number of hydrogen-bond donors (Lipinski definition) is 1. The van der Waals surface area contributed by atoms with Gasteiger partial charge in [-0.3, -0.25) is 4.79 Å². The lowest BCUT2D eigenvalue weighted by Gasteiger charge is -1.98. The first-order valence-corrected chi connectivity index (χ1v) is 4.30. The number of rotatable bonds is 3. The summed E-state index contributed by atoms with van der Waals surface area (Å²) in [5, 5.41) is 11.3. The zero-order valence-corrected chi connectivity index (χ0v) is 8.38. The van der Waals surface area contributed by atoms with E-state index in [2.05, 4.69) is 9.99 Å². The average Bonchev–Trinajstić information content (AvgIpc) is 2.29. The molecule has 0 aromatic heterocycles. The molecule has 0 saturated carbocycles. The molecule has 6 nitrogen and oxygen atoms in total. The molecule has 86 valence electrons. The highest BCUT2D eigenvalue weighted by atomic mass is 19.1. The molecule has 0 heterocycles. The van der Waals surface area contributed by atoms with E-state index in [9.17, 15) is 14.0 Å². The Balaban J connectivity index is 2.85. The second-order valence-corrected chi connectivity index (χ2v) is 2.77. The van der Waals surface area contributed by atoms with E-state index in [-0.39, 0.29) is 5.56 Å². The minimum atomic E-state index is -1.14. The number of amides is 1. The van der Waals surface area contributed by atoms with Crippen LogP contribution in [-0.4, -0.2) is 17.6 Å². The minimum Gasteiger partial charge on any atom is -0.364 e. The third-order valence-corrected chi connectivity index (χ3v) is 1.65. The first kappa shape index (κ1) is 12.3. The Bertz CT molecular complexity index is 534. The number of halogens is 1. The molecule has 1 amide bonds. The molecule has 2 N–H and O–H groups in total. The van der Waals surface area contributed by atoms with Crippen LogP contribution in [-0.2, 0) is 9.63 Å². The predicted octanol–water partition coefficient (Wildman–Crippen LogP) is 0.347. The van der Waals surface area contributed by atoms with Crippen LogP contribution < -0.4 is 5.73 Å². The van der Waals surface area contributed by atoms with Crippen molar-refractivity contribution in [3.8, 4) is 6.07 Å². The number of carbonyl (C=O) groups excluding carboxylic acids is 2. The summed E-state index contributed by atoms with van der Waals surface area (Å²) in [6.07, 6.45) is 0. The summed E-state index contributed by atoms with van der Waals surface area (Å²) in [5.41, 5.74) is 3.60. The van der Waals surface area contributed by atoms with Crippen molar-refractivity contribution in [1.82, 2.24) is 0 Å². The van der Waals surface area contributed by atoms with Crippen molar-refractivity contribution in [1.29, 1.82) is 5.26 Å². The molecular weight excluding hydrogens is 229 g/mol. The van der Waals surface area contributed by atoms with Crippen molar-refractivity contribution >= 4 is 17.6 Å². The summed E-state index contributed by atoms with van der Waals surface area (Å²) in [4.78, 5) is 26.0. The van der Waals surface area contributed by atoms with Crippen molar-refractivity contribution in [3.05, 3.63) is 35.6 Å². The summed E-state index contributed by atoms with van der Waals surface area (Å²) in [7, 11) is 0. The highest BCUT2D eigenvalue weighted by molar-refractivity contribution is 6.44. The van der Waals surface area contributed by atoms with Crippen molar-refractivity contribution in [2.24, 2.45) is 10.9 Å². The fourth-order valence-electron chi connectivity index (χ4n) is 0.884. The number of hydrogen-bond acceptors (Lipinski definition) is 5. The van der Waals surface area contributed by atoms with Gasteiger partial charge in [0.25, 0.3) is 5.91 Å². The quantitative estimate of drug-likeness (QED) is 0.463.